The zero-order valence-electron chi connectivity index (χ0n) is 18.2. The normalized spacial score (nSPS) is 13.5. The van der Waals surface area contributed by atoms with Gasteiger partial charge in [-0.2, -0.15) is 18.3 Å². The molecule has 4 aromatic rings. The summed E-state index contributed by atoms with van der Waals surface area (Å²) >= 11 is 0. The van der Waals surface area contributed by atoms with Crippen LogP contribution in [0.5, 0.6) is 11.5 Å². The first-order chi connectivity index (χ1) is 16.2. The first-order valence-corrected chi connectivity index (χ1v) is 10.2. The van der Waals surface area contributed by atoms with Gasteiger partial charge < -0.3 is 19.9 Å². The Morgan fingerprint density at radius 1 is 0.971 bits per heavy atom. The molecule has 0 saturated carbocycles. The van der Waals surface area contributed by atoms with E-state index in [1.54, 1.807) is 6.07 Å². The van der Waals surface area contributed by atoms with Gasteiger partial charge in [0.2, 0.25) is 5.60 Å². The number of alkyl halides is 3. The third-order valence-electron chi connectivity index (χ3n) is 5.53. The topological polar surface area (TPSA) is 68.5 Å². The van der Waals surface area contributed by atoms with Crippen molar-refractivity contribution in [1.82, 2.24) is 9.78 Å². The number of hydrogen-bond acceptors (Lipinski definition) is 5. The van der Waals surface area contributed by atoms with E-state index in [0.717, 1.165) is 0 Å². The summed E-state index contributed by atoms with van der Waals surface area (Å²) in [5.41, 5.74) is -2.25. The summed E-state index contributed by atoms with van der Waals surface area (Å²) in [6, 6.07) is 14.0. The third kappa shape index (κ3) is 4.24. The van der Waals surface area contributed by atoms with Crippen LogP contribution in [-0.2, 0) is 5.60 Å². The minimum atomic E-state index is -4.99. The van der Waals surface area contributed by atoms with Crippen LogP contribution in [0.2, 0.25) is 0 Å². The lowest BCUT2D eigenvalue weighted by Crippen LogP contribution is -2.47. The van der Waals surface area contributed by atoms with Crippen molar-refractivity contribution >= 4 is 16.6 Å². The van der Waals surface area contributed by atoms with E-state index >= 15 is 0 Å². The summed E-state index contributed by atoms with van der Waals surface area (Å²) in [7, 11) is 2.83. The highest BCUT2D eigenvalue weighted by Crippen LogP contribution is 2.41. The second kappa shape index (κ2) is 8.86. The molecule has 10 heteroatoms. The molecule has 1 aromatic heterocycles. The van der Waals surface area contributed by atoms with Gasteiger partial charge in [0, 0.05) is 11.5 Å². The molecule has 4 rings (SSSR count). The Bertz CT molecular complexity index is 1310. The van der Waals surface area contributed by atoms with E-state index in [4.69, 9.17) is 9.47 Å². The summed E-state index contributed by atoms with van der Waals surface area (Å²) in [4.78, 5) is 0. The maximum absolute atomic E-state index is 14.1. The molecular formula is C24H21F4N3O3. The molecule has 178 valence electrons. The van der Waals surface area contributed by atoms with Crippen LogP contribution in [0, 0.1) is 5.82 Å². The molecule has 0 radical (unpaired) electrons. The van der Waals surface area contributed by atoms with Crippen molar-refractivity contribution in [3.8, 4) is 17.2 Å². The highest BCUT2D eigenvalue weighted by molar-refractivity contribution is 5.81. The Balaban J connectivity index is 1.68. The van der Waals surface area contributed by atoms with Gasteiger partial charge in [0.05, 0.1) is 43.9 Å². The van der Waals surface area contributed by atoms with Gasteiger partial charge in [-0.05, 0) is 54.1 Å². The van der Waals surface area contributed by atoms with Gasteiger partial charge in [0.25, 0.3) is 0 Å². The van der Waals surface area contributed by atoms with Gasteiger partial charge in [-0.15, -0.1) is 0 Å². The van der Waals surface area contributed by atoms with Crippen LogP contribution in [0.15, 0.2) is 66.9 Å². The average Bonchev–Trinajstić information content (AvgIpc) is 3.25. The summed E-state index contributed by atoms with van der Waals surface area (Å²) in [5, 5.41) is 18.1. The number of ether oxygens (including phenoxy) is 2. The molecule has 2 N–H and O–H groups in total. The molecule has 1 atom stereocenters. The second-order valence-electron chi connectivity index (χ2n) is 7.58. The van der Waals surface area contributed by atoms with Crippen LogP contribution in [-0.4, -0.2) is 41.8 Å². The fourth-order valence-corrected chi connectivity index (χ4v) is 3.61. The number of methoxy groups -OCH3 is 2. The van der Waals surface area contributed by atoms with Crippen LogP contribution >= 0.6 is 0 Å². The van der Waals surface area contributed by atoms with Gasteiger partial charge in [0.1, 0.15) is 17.3 Å². The molecule has 1 unspecified atom stereocenters. The fraction of sp³-hybridized carbons (Fsp3) is 0.208. The van der Waals surface area contributed by atoms with E-state index in [2.05, 4.69) is 10.4 Å². The molecule has 0 saturated heterocycles. The summed E-state index contributed by atoms with van der Waals surface area (Å²) in [5.74, 6) is 0.315. The molecular weight excluding hydrogens is 454 g/mol. The first-order valence-electron chi connectivity index (χ1n) is 10.2. The highest BCUT2D eigenvalue weighted by atomic mass is 19.4. The van der Waals surface area contributed by atoms with Crippen molar-refractivity contribution < 1.29 is 32.1 Å². The molecule has 0 aliphatic carbocycles. The SMILES string of the molecule is COc1ccc(NCC(O)(c2ccc3c(cnn3-c3ccc(F)cc3)c2)C(F)(F)F)c(OC)c1. The van der Waals surface area contributed by atoms with Crippen molar-refractivity contribution in [2.75, 3.05) is 26.1 Å². The molecule has 1 heterocycles. The number of halogens is 4. The number of nitrogens with one attached hydrogen (secondary N) is 1. The lowest BCUT2D eigenvalue weighted by Gasteiger charge is -2.32. The number of fused-ring (bicyclic) bond motifs is 1. The Morgan fingerprint density at radius 3 is 2.35 bits per heavy atom. The molecule has 0 bridgehead atoms. The van der Waals surface area contributed by atoms with Crippen molar-refractivity contribution in [3.05, 3.63) is 78.2 Å². The number of aliphatic hydroxyl groups is 1. The predicted molar refractivity (Wildman–Crippen MR) is 119 cm³/mol. The number of rotatable bonds is 7. The van der Waals surface area contributed by atoms with Crippen LogP contribution in [0.1, 0.15) is 5.56 Å². The quantitative estimate of drug-likeness (QED) is 0.367. The summed E-state index contributed by atoms with van der Waals surface area (Å²) in [6.07, 6.45) is -3.60. The van der Waals surface area contributed by atoms with Crippen molar-refractivity contribution in [1.29, 1.82) is 0 Å². The number of hydrogen-bond donors (Lipinski definition) is 2. The number of anilines is 1. The monoisotopic (exact) mass is 475 g/mol. The maximum Gasteiger partial charge on any atom is 0.423 e. The Kier molecular flexibility index (Phi) is 6.09. The minimum Gasteiger partial charge on any atom is -0.497 e. The minimum absolute atomic E-state index is 0.260. The highest BCUT2D eigenvalue weighted by Gasteiger charge is 2.55. The van der Waals surface area contributed by atoms with E-state index in [0.29, 0.717) is 22.3 Å². The van der Waals surface area contributed by atoms with E-state index in [1.807, 2.05) is 0 Å². The van der Waals surface area contributed by atoms with Crippen LogP contribution in [0.4, 0.5) is 23.2 Å². The second-order valence-corrected chi connectivity index (χ2v) is 7.58. The third-order valence-corrected chi connectivity index (χ3v) is 5.53. The molecule has 3 aromatic carbocycles. The van der Waals surface area contributed by atoms with Crippen LogP contribution in [0.3, 0.4) is 0 Å². The molecule has 34 heavy (non-hydrogen) atoms. The summed E-state index contributed by atoms with van der Waals surface area (Å²) < 4.78 is 67.3. The smallest absolute Gasteiger partial charge is 0.423 e. The van der Waals surface area contributed by atoms with Gasteiger partial charge in [-0.25, -0.2) is 9.07 Å². The fourth-order valence-electron chi connectivity index (χ4n) is 3.61. The number of aromatic nitrogens is 2. The Labute approximate surface area is 192 Å². The zero-order chi connectivity index (χ0) is 24.5. The number of benzene rings is 3. The molecule has 0 aliphatic heterocycles. The van der Waals surface area contributed by atoms with E-state index in [-0.39, 0.29) is 17.0 Å². The number of nitrogens with zero attached hydrogens (tertiary/aromatic N) is 2. The van der Waals surface area contributed by atoms with Crippen molar-refractivity contribution in [2.24, 2.45) is 0 Å². The van der Waals surface area contributed by atoms with Crippen molar-refractivity contribution in [3.63, 3.8) is 0 Å². The molecule has 6 nitrogen and oxygen atoms in total. The predicted octanol–water partition coefficient (Wildman–Crippen LogP) is 5.04. The van der Waals surface area contributed by atoms with Crippen LogP contribution < -0.4 is 14.8 Å². The average molecular weight is 475 g/mol. The Hall–Kier alpha value is -3.79. The van der Waals surface area contributed by atoms with E-state index in [9.17, 15) is 22.7 Å². The standard InChI is InChI=1S/C24H21F4N3O3/c1-33-19-8-9-20(22(12-19)34-2)29-14-23(32,24(26,27)28)16-3-10-21-15(11-16)13-30-31(21)18-6-4-17(25)5-7-18/h3-13,29,32H,14H2,1-2H3. The van der Waals surface area contributed by atoms with Gasteiger partial charge in [0.15, 0.2) is 0 Å². The largest absolute Gasteiger partial charge is 0.497 e. The molecule has 0 spiro atoms. The van der Waals surface area contributed by atoms with Gasteiger partial charge in [-0.3, -0.25) is 0 Å². The zero-order valence-corrected chi connectivity index (χ0v) is 18.2. The van der Waals surface area contributed by atoms with Crippen LogP contribution in [0.25, 0.3) is 16.6 Å². The summed E-state index contributed by atoms with van der Waals surface area (Å²) in [6.45, 7) is -0.864. The van der Waals surface area contributed by atoms with Crippen molar-refractivity contribution in [2.45, 2.75) is 11.8 Å². The first kappa shape index (κ1) is 23.4. The van der Waals surface area contributed by atoms with E-state index in [1.165, 1.54) is 79.7 Å². The lowest BCUT2D eigenvalue weighted by atomic mass is 9.92. The van der Waals surface area contributed by atoms with E-state index < -0.39 is 24.1 Å². The molecule has 0 fully saturated rings. The van der Waals surface area contributed by atoms with Gasteiger partial charge >= 0.3 is 6.18 Å². The lowest BCUT2D eigenvalue weighted by molar-refractivity contribution is -0.260. The molecule has 0 aliphatic rings. The maximum atomic E-state index is 14.1. The molecule has 0 amide bonds. The van der Waals surface area contributed by atoms with Gasteiger partial charge in [-0.1, -0.05) is 6.07 Å². The Morgan fingerprint density at radius 2 is 1.71 bits per heavy atom.